The Kier molecular flexibility index (Phi) is 8.07. The van der Waals surface area contributed by atoms with Gasteiger partial charge in [-0.2, -0.15) is 5.10 Å². The normalized spacial score (nSPS) is 10.6. The third-order valence-corrected chi connectivity index (χ3v) is 4.81. The van der Waals surface area contributed by atoms with E-state index >= 15 is 0 Å². The van der Waals surface area contributed by atoms with Crippen LogP contribution in [-0.2, 0) is 16.2 Å². The number of carbonyl (C=O) groups excluding carboxylic acids is 2. The van der Waals surface area contributed by atoms with E-state index in [4.69, 9.17) is 4.74 Å². The number of non-ortho nitro benzene ring substituents is 1. The molecule has 0 aliphatic carbocycles. The number of hydrogen-bond donors (Lipinski definition) is 2. The molecule has 0 unspecified atom stereocenters. The Morgan fingerprint density at radius 1 is 1.00 bits per heavy atom. The number of amides is 2. The first kappa shape index (κ1) is 24.1. The summed E-state index contributed by atoms with van der Waals surface area (Å²) in [7, 11) is 0. The fraction of sp³-hybridized carbons (Fsp3) is 0.160. The van der Waals surface area contributed by atoms with Gasteiger partial charge in [-0.25, -0.2) is 5.43 Å². The Bertz CT molecular complexity index is 1200. The highest BCUT2D eigenvalue weighted by Gasteiger charge is 2.10. The lowest BCUT2D eigenvalue weighted by Gasteiger charge is -2.08. The Balaban J connectivity index is 1.43. The van der Waals surface area contributed by atoms with Crippen LogP contribution in [0.5, 0.6) is 5.75 Å². The summed E-state index contributed by atoms with van der Waals surface area (Å²) in [6.07, 6.45) is 1.11. The minimum absolute atomic E-state index is 0.0291. The van der Waals surface area contributed by atoms with Gasteiger partial charge in [-0.15, -0.1) is 0 Å². The molecule has 0 saturated carbocycles. The van der Waals surface area contributed by atoms with Crippen LogP contribution in [0.25, 0.3) is 0 Å². The molecule has 9 nitrogen and oxygen atoms in total. The van der Waals surface area contributed by atoms with E-state index in [9.17, 15) is 19.7 Å². The van der Waals surface area contributed by atoms with Crippen LogP contribution in [0.4, 0.5) is 11.4 Å². The topological polar surface area (TPSA) is 123 Å². The molecule has 0 atom stereocenters. The van der Waals surface area contributed by atoms with Gasteiger partial charge in [-0.1, -0.05) is 17.7 Å². The number of carbonyl (C=O) groups is 2. The van der Waals surface area contributed by atoms with Crippen molar-refractivity contribution >= 4 is 29.4 Å². The third-order valence-electron chi connectivity index (χ3n) is 4.81. The molecule has 0 aromatic heterocycles. The molecule has 3 aromatic carbocycles. The number of rotatable bonds is 9. The van der Waals surface area contributed by atoms with Crippen molar-refractivity contribution in [1.29, 1.82) is 0 Å². The fourth-order valence-corrected chi connectivity index (χ4v) is 3.04. The smallest absolute Gasteiger partial charge is 0.269 e. The highest BCUT2D eigenvalue weighted by atomic mass is 16.6. The first-order valence-corrected chi connectivity index (χ1v) is 10.5. The second-order valence-electron chi connectivity index (χ2n) is 7.62. The summed E-state index contributed by atoms with van der Waals surface area (Å²) in [6.45, 7) is 4.12. The van der Waals surface area contributed by atoms with Gasteiger partial charge in [0.05, 0.1) is 11.1 Å². The van der Waals surface area contributed by atoms with E-state index in [-0.39, 0.29) is 18.7 Å². The molecular formula is C25H24N4O5. The van der Waals surface area contributed by atoms with Crippen molar-refractivity contribution in [2.24, 2.45) is 5.10 Å². The number of anilines is 1. The molecule has 0 radical (unpaired) electrons. The van der Waals surface area contributed by atoms with Crippen molar-refractivity contribution in [3.05, 3.63) is 99.1 Å². The number of nitro benzene ring substituents is 1. The van der Waals surface area contributed by atoms with Crippen LogP contribution in [0.15, 0.2) is 71.8 Å². The van der Waals surface area contributed by atoms with E-state index in [1.54, 1.807) is 42.5 Å². The second kappa shape index (κ2) is 11.4. The lowest BCUT2D eigenvalue weighted by atomic mass is 10.1. The summed E-state index contributed by atoms with van der Waals surface area (Å²) in [4.78, 5) is 34.3. The van der Waals surface area contributed by atoms with Crippen molar-refractivity contribution in [1.82, 2.24) is 5.43 Å². The molecule has 0 aliphatic heterocycles. The number of hydrogen-bond acceptors (Lipinski definition) is 6. The molecule has 0 fully saturated rings. The van der Waals surface area contributed by atoms with Gasteiger partial charge in [0, 0.05) is 17.8 Å². The van der Waals surface area contributed by atoms with E-state index in [1.165, 1.54) is 18.3 Å². The zero-order valence-corrected chi connectivity index (χ0v) is 18.8. The molecular weight excluding hydrogens is 436 g/mol. The maximum atomic E-state index is 12.1. The van der Waals surface area contributed by atoms with Gasteiger partial charge in [0.15, 0.2) is 0 Å². The van der Waals surface area contributed by atoms with Gasteiger partial charge in [0.1, 0.15) is 18.8 Å². The van der Waals surface area contributed by atoms with E-state index in [0.29, 0.717) is 11.4 Å². The van der Waals surface area contributed by atoms with Crippen LogP contribution >= 0.6 is 0 Å². The molecule has 2 N–H and O–H groups in total. The summed E-state index contributed by atoms with van der Waals surface area (Å²) >= 11 is 0. The maximum absolute atomic E-state index is 12.1. The number of nitrogens with one attached hydrogen (secondary N) is 2. The summed E-state index contributed by atoms with van der Waals surface area (Å²) in [6, 6.07) is 18.8. The standard InChI is InChI=1S/C25H24N4O5/c1-17-3-12-23(18(2)13-17)27-24(30)14-25(31)28-26-15-19-6-10-22(11-7-19)34-16-20-4-8-21(9-5-20)29(32)33/h3-13,15H,14,16H2,1-2H3,(H,27,30)(H,28,31). The van der Waals surface area contributed by atoms with Gasteiger partial charge < -0.3 is 10.1 Å². The maximum Gasteiger partial charge on any atom is 0.269 e. The van der Waals surface area contributed by atoms with Crippen LogP contribution in [0.2, 0.25) is 0 Å². The average Bonchev–Trinajstić information content (AvgIpc) is 2.80. The molecule has 9 heteroatoms. The molecule has 0 spiro atoms. The number of benzene rings is 3. The zero-order valence-electron chi connectivity index (χ0n) is 18.8. The summed E-state index contributed by atoms with van der Waals surface area (Å²) in [5.74, 6) is -0.335. The Morgan fingerprint density at radius 3 is 2.35 bits per heavy atom. The summed E-state index contributed by atoms with van der Waals surface area (Å²) in [5, 5.41) is 17.3. The van der Waals surface area contributed by atoms with Crippen LogP contribution < -0.4 is 15.5 Å². The third kappa shape index (κ3) is 7.27. The van der Waals surface area contributed by atoms with Gasteiger partial charge in [0.25, 0.3) is 5.69 Å². The number of ether oxygens (including phenoxy) is 1. The summed E-state index contributed by atoms with van der Waals surface area (Å²) in [5.41, 5.74) is 6.58. The monoisotopic (exact) mass is 460 g/mol. The van der Waals surface area contributed by atoms with Crippen molar-refractivity contribution in [3.63, 3.8) is 0 Å². The Hall–Kier alpha value is -4.53. The lowest BCUT2D eigenvalue weighted by molar-refractivity contribution is -0.384. The first-order valence-electron chi connectivity index (χ1n) is 10.5. The molecule has 3 aromatic rings. The molecule has 3 rings (SSSR count). The Labute approximate surface area is 196 Å². The quantitative estimate of drug-likeness (QED) is 0.214. The van der Waals surface area contributed by atoms with Crippen molar-refractivity contribution in [2.45, 2.75) is 26.9 Å². The van der Waals surface area contributed by atoms with Crippen molar-refractivity contribution in [3.8, 4) is 5.75 Å². The molecule has 0 aliphatic rings. The Morgan fingerprint density at radius 2 is 1.71 bits per heavy atom. The predicted molar refractivity (Wildman–Crippen MR) is 129 cm³/mol. The molecule has 0 bridgehead atoms. The number of aryl methyl sites for hydroxylation is 2. The number of nitro groups is 1. The number of nitrogens with zero attached hydrogens (tertiary/aromatic N) is 2. The van der Waals surface area contributed by atoms with Crippen molar-refractivity contribution < 1.29 is 19.2 Å². The largest absolute Gasteiger partial charge is 0.489 e. The minimum Gasteiger partial charge on any atom is -0.489 e. The lowest BCUT2D eigenvalue weighted by Crippen LogP contribution is -2.24. The van der Waals surface area contributed by atoms with Crippen LogP contribution in [0.1, 0.15) is 28.7 Å². The van der Waals surface area contributed by atoms with Crippen LogP contribution in [0, 0.1) is 24.0 Å². The van der Waals surface area contributed by atoms with Gasteiger partial charge >= 0.3 is 0 Å². The highest BCUT2D eigenvalue weighted by molar-refractivity contribution is 6.04. The SMILES string of the molecule is Cc1ccc(NC(=O)CC(=O)NN=Cc2ccc(OCc3ccc([N+](=O)[O-])cc3)cc2)c(C)c1. The molecule has 174 valence electrons. The molecule has 2 amide bonds. The van der Waals surface area contributed by atoms with Crippen LogP contribution in [0.3, 0.4) is 0 Å². The second-order valence-corrected chi connectivity index (χ2v) is 7.62. The fourth-order valence-electron chi connectivity index (χ4n) is 3.04. The zero-order chi connectivity index (χ0) is 24.5. The summed E-state index contributed by atoms with van der Waals surface area (Å²) < 4.78 is 5.67. The molecule has 0 heterocycles. The number of hydrazone groups is 1. The minimum atomic E-state index is -0.526. The van der Waals surface area contributed by atoms with E-state index in [1.807, 2.05) is 26.0 Å². The van der Waals surface area contributed by atoms with Gasteiger partial charge in [-0.05, 0) is 73.0 Å². The van der Waals surface area contributed by atoms with E-state index < -0.39 is 16.7 Å². The highest BCUT2D eigenvalue weighted by Crippen LogP contribution is 2.17. The van der Waals surface area contributed by atoms with E-state index in [0.717, 1.165) is 22.3 Å². The molecule has 34 heavy (non-hydrogen) atoms. The van der Waals surface area contributed by atoms with E-state index in [2.05, 4.69) is 15.8 Å². The van der Waals surface area contributed by atoms with Gasteiger partial charge in [-0.3, -0.25) is 19.7 Å². The first-order chi connectivity index (χ1) is 16.3. The van der Waals surface area contributed by atoms with Crippen molar-refractivity contribution in [2.75, 3.05) is 5.32 Å². The predicted octanol–water partition coefficient (Wildman–Crippen LogP) is 4.27. The average molecular weight is 460 g/mol. The van der Waals surface area contributed by atoms with Crippen LogP contribution in [-0.4, -0.2) is 23.0 Å². The molecule has 0 saturated heterocycles. The van der Waals surface area contributed by atoms with Gasteiger partial charge in [0.2, 0.25) is 11.8 Å².